The maximum atomic E-state index is 10.2. The summed E-state index contributed by atoms with van der Waals surface area (Å²) in [6, 6.07) is 6.21. The number of aromatic nitrogens is 6. The van der Waals surface area contributed by atoms with Gasteiger partial charge < -0.3 is 20.7 Å². The van der Waals surface area contributed by atoms with E-state index in [0.29, 0.717) is 17.7 Å². The van der Waals surface area contributed by atoms with Crippen LogP contribution in [0.2, 0.25) is 0 Å². The van der Waals surface area contributed by atoms with Crippen LogP contribution in [-0.4, -0.2) is 46.4 Å². The number of nitrogens with two attached hydrogens (primary N) is 1. The predicted molar refractivity (Wildman–Crippen MR) is 130 cm³/mol. The van der Waals surface area contributed by atoms with Gasteiger partial charge in [0.1, 0.15) is 16.9 Å². The fourth-order valence-electron chi connectivity index (χ4n) is 4.93. The number of rotatable bonds is 5. The molecule has 0 amide bonds. The quantitative estimate of drug-likeness (QED) is 0.423. The second-order valence-electron chi connectivity index (χ2n) is 9.83. The van der Waals surface area contributed by atoms with Crippen LogP contribution in [0.4, 0.5) is 11.8 Å². The van der Waals surface area contributed by atoms with Gasteiger partial charge in [0.25, 0.3) is 0 Å². The largest absolute Gasteiger partial charge is 0.390 e. The van der Waals surface area contributed by atoms with Gasteiger partial charge in [0, 0.05) is 24.3 Å². The number of nitrogens with zero attached hydrogens (tertiary/aromatic N) is 6. The van der Waals surface area contributed by atoms with Crippen LogP contribution in [0.1, 0.15) is 58.3 Å². The Balaban J connectivity index is 1.42. The predicted octanol–water partition coefficient (Wildman–Crippen LogP) is 3.97. The van der Waals surface area contributed by atoms with Gasteiger partial charge in [0.15, 0.2) is 11.5 Å². The number of hydrogen-bond donors (Lipinski definition) is 3. The molecule has 0 bridgehead atoms. The maximum absolute atomic E-state index is 10.2. The number of imidazole rings is 1. The first-order valence-corrected chi connectivity index (χ1v) is 11.7. The molecule has 0 aliphatic heterocycles. The number of fused-ring (bicyclic) bond motifs is 2. The third-order valence-electron chi connectivity index (χ3n) is 6.78. The Morgan fingerprint density at radius 2 is 1.94 bits per heavy atom. The molecule has 9 nitrogen and oxygen atoms in total. The Morgan fingerprint density at radius 1 is 1.18 bits per heavy atom. The van der Waals surface area contributed by atoms with E-state index in [-0.39, 0.29) is 6.04 Å². The third-order valence-corrected chi connectivity index (χ3v) is 6.78. The molecule has 1 saturated carbocycles. The molecule has 0 atom stereocenters. The Morgan fingerprint density at radius 3 is 2.67 bits per heavy atom. The molecule has 1 fully saturated rings. The summed E-state index contributed by atoms with van der Waals surface area (Å²) in [5.41, 5.74) is 10.1. The van der Waals surface area contributed by atoms with Crippen molar-refractivity contribution in [1.29, 1.82) is 0 Å². The lowest BCUT2D eigenvalue weighted by atomic mass is 9.80. The summed E-state index contributed by atoms with van der Waals surface area (Å²) in [4.78, 5) is 14.1. The van der Waals surface area contributed by atoms with E-state index in [0.717, 1.165) is 66.0 Å². The van der Waals surface area contributed by atoms with Crippen LogP contribution >= 0.6 is 0 Å². The second kappa shape index (κ2) is 7.98. The van der Waals surface area contributed by atoms with Crippen LogP contribution in [-0.2, 0) is 0 Å². The van der Waals surface area contributed by atoms with Crippen molar-refractivity contribution in [2.75, 3.05) is 17.6 Å². The van der Waals surface area contributed by atoms with Gasteiger partial charge in [-0.2, -0.15) is 4.98 Å². The fraction of sp³-hybridized carbons (Fsp3) is 0.500. The standard InChI is InChI=1S/C24H32N8O/c1-14(2)32-15(3)27-19-6-5-18(28-22(19)32)17-9-12-31-20(17)21(25)29-23(30-31)26-13-16-7-10-24(4,33)11-8-16/h5-6,9,12,14,16,33H,7-8,10-11,13H2,1-4H3,(H3,25,26,29,30). The number of aryl methyl sites for hydroxylation is 1. The zero-order chi connectivity index (χ0) is 23.3. The molecule has 0 radical (unpaired) electrons. The second-order valence-corrected chi connectivity index (χ2v) is 9.83. The van der Waals surface area contributed by atoms with E-state index in [2.05, 4.69) is 38.8 Å². The van der Waals surface area contributed by atoms with Gasteiger partial charge >= 0.3 is 0 Å². The lowest BCUT2D eigenvalue weighted by Gasteiger charge is -2.33. The fourth-order valence-corrected chi connectivity index (χ4v) is 4.93. The van der Waals surface area contributed by atoms with Crippen LogP contribution in [0.3, 0.4) is 0 Å². The molecule has 33 heavy (non-hydrogen) atoms. The van der Waals surface area contributed by atoms with E-state index in [1.54, 1.807) is 4.52 Å². The van der Waals surface area contributed by atoms with E-state index < -0.39 is 5.60 Å². The van der Waals surface area contributed by atoms with Crippen LogP contribution in [0, 0.1) is 12.8 Å². The summed E-state index contributed by atoms with van der Waals surface area (Å²) >= 11 is 0. The summed E-state index contributed by atoms with van der Waals surface area (Å²) in [7, 11) is 0. The van der Waals surface area contributed by atoms with Crippen molar-refractivity contribution in [1.82, 2.24) is 29.1 Å². The molecular formula is C24H32N8O. The third kappa shape index (κ3) is 4.01. The smallest absolute Gasteiger partial charge is 0.242 e. The SMILES string of the molecule is Cc1nc2ccc(-c3ccn4nc(NCC5CCC(C)(O)CC5)nc(N)c34)nc2n1C(C)C. The molecule has 1 aliphatic carbocycles. The molecule has 9 heteroatoms. The number of aliphatic hydroxyl groups is 1. The van der Waals surface area contributed by atoms with Crippen molar-refractivity contribution < 1.29 is 5.11 Å². The van der Waals surface area contributed by atoms with E-state index in [4.69, 9.17) is 10.7 Å². The number of anilines is 2. The Kier molecular flexibility index (Phi) is 5.23. The highest BCUT2D eigenvalue weighted by molar-refractivity contribution is 5.88. The summed E-state index contributed by atoms with van der Waals surface area (Å²) in [6.07, 6.45) is 5.53. The van der Waals surface area contributed by atoms with Crippen LogP contribution in [0.5, 0.6) is 0 Å². The monoisotopic (exact) mass is 448 g/mol. The zero-order valence-electron chi connectivity index (χ0n) is 19.7. The number of pyridine rings is 1. The minimum absolute atomic E-state index is 0.265. The Labute approximate surface area is 193 Å². The average molecular weight is 449 g/mol. The first kappa shape index (κ1) is 21.6. The topological polar surface area (TPSA) is 119 Å². The molecule has 0 spiro atoms. The average Bonchev–Trinajstić information content (AvgIpc) is 3.33. The van der Waals surface area contributed by atoms with Gasteiger partial charge in [-0.25, -0.2) is 14.5 Å². The lowest BCUT2D eigenvalue weighted by Crippen LogP contribution is -2.32. The van der Waals surface area contributed by atoms with Crippen molar-refractivity contribution in [2.24, 2.45) is 5.92 Å². The highest BCUT2D eigenvalue weighted by Crippen LogP contribution is 2.32. The molecule has 0 unspecified atom stereocenters. The molecule has 1 aliphatic rings. The summed E-state index contributed by atoms with van der Waals surface area (Å²) in [5.74, 6) is 2.37. The van der Waals surface area contributed by atoms with Crippen LogP contribution in [0.25, 0.3) is 27.9 Å². The van der Waals surface area contributed by atoms with E-state index in [9.17, 15) is 5.11 Å². The molecule has 4 heterocycles. The lowest BCUT2D eigenvalue weighted by molar-refractivity contribution is 0.00975. The summed E-state index contributed by atoms with van der Waals surface area (Å²) < 4.78 is 3.91. The van der Waals surface area contributed by atoms with E-state index in [1.165, 1.54) is 0 Å². The van der Waals surface area contributed by atoms with Gasteiger partial charge in [-0.05, 0) is 77.5 Å². The van der Waals surface area contributed by atoms with E-state index >= 15 is 0 Å². The molecule has 174 valence electrons. The van der Waals surface area contributed by atoms with Crippen molar-refractivity contribution in [2.45, 2.75) is 65.0 Å². The summed E-state index contributed by atoms with van der Waals surface area (Å²) in [5, 5.41) is 18.1. The van der Waals surface area contributed by atoms with Crippen LogP contribution < -0.4 is 11.1 Å². The van der Waals surface area contributed by atoms with Crippen LogP contribution in [0.15, 0.2) is 24.4 Å². The van der Waals surface area contributed by atoms with Crippen molar-refractivity contribution >= 4 is 28.4 Å². The molecular weight excluding hydrogens is 416 g/mol. The summed E-state index contributed by atoms with van der Waals surface area (Å²) in [6.45, 7) is 8.96. The van der Waals surface area contributed by atoms with Gasteiger partial charge in [0.05, 0.1) is 11.3 Å². The van der Waals surface area contributed by atoms with Gasteiger partial charge in [0.2, 0.25) is 5.95 Å². The van der Waals surface area contributed by atoms with Crippen molar-refractivity contribution in [3.05, 3.63) is 30.2 Å². The highest BCUT2D eigenvalue weighted by atomic mass is 16.3. The number of hydrogen-bond acceptors (Lipinski definition) is 7. The maximum Gasteiger partial charge on any atom is 0.242 e. The molecule has 4 aromatic rings. The first-order chi connectivity index (χ1) is 15.7. The Hall–Kier alpha value is -3.20. The van der Waals surface area contributed by atoms with Gasteiger partial charge in [-0.1, -0.05) is 0 Å². The highest BCUT2D eigenvalue weighted by Gasteiger charge is 2.28. The van der Waals surface area contributed by atoms with Crippen molar-refractivity contribution in [3.8, 4) is 11.3 Å². The molecule has 0 aromatic carbocycles. The van der Waals surface area contributed by atoms with E-state index in [1.807, 2.05) is 38.2 Å². The normalized spacial score (nSPS) is 21.3. The number of nitrogens with one attached hydrogen (secondary N) is 1. The molecule has 5 rings (SSSR count). The number of nitrogen functional groups attached to an aromatic ring is 1. The Bertz CT molecular complexity index is 1310. The minimum atomic E-state index is -0.527. The van der Waals surface area contributed by atoms with Gasteiger partial charge in [-0.15, -0.1) is 5.10 Å². The minimum Gasteiger partial charge on any atom is -0.390 e. The molecule has 0 saturated heterocycles. The first-order valence-electron chi connectivity index (χ1n) is 11.7. The van der Waals surface area contributed by atoms with Crippen molar-refractivity contribution in [3.63, 3.8) is 0 Å². The van der Waals surface area contributed by atoms with Gasteiger partial charge in [-0.3, -0.25) is 0 Å². The molecule has 4 N–H and O–H groups in total. The zero-order valence-corrected chi connectivity index (χ0v) is 19.7. The molecule has 4 aromatic heterocycles.